The van der Waals surface area contributed by atoms with E-state index in [2.05, 4.69) is 81.5 Å². The quantitative estimate of drug-likeness (QED) is 0.522. The highest BCUT2D eigenvalue weighted by molar-refractivity contribution is 5.80. The molecule has 0 aliphatic carbocycles. The molecule has 2 aromatic carbocycles. The Bertz CT molecular complexity index is 850. The molecule has 1 heterocycles. The Hall–Kier alpha value is -2.45. The van der Waals surface area contributed by atoms with E-state index in [1.165, 1.54) is 16.6 Å². The Morgan fingerprint density at radius 1 is 0.760 bits per heavy atom. The van der Waals surface area contributed by atoms with Gasteiger partial charge in [0.05, 0.1) is 30.8 Å². The molecule has 0 saturated carbocycles. The van der Waals surface area contributed by atoms with Gasteiger partial charge in [0.15, 0.2) is 0 Å². The molecule has 3 aromatic rings. The van der Waals surface area contributed by atoms with Gasteiger partial charge in [-0.1, -0.05) is 30.3 Å². The van der Waals surface area contributed by atoms with Gasteiger partial charge in [0, 0.05) is 5.39 Å². The number of quaternary nitrogens is 1. The van der Waals surface area contributed by atoms with Gasteiger partial charge in [0.25, 0.3) is 0 Å². The number of fused-ring (bicyclic) bond motifs is 1. The van der Waals surface area contributed by atoms with Gasteiger partial charge >= 0.3 is 0 Å². The van der Waals surface area contributed by atoms with E-state index in [4.69, 9.17) is 4.98 Å². The number of nitrogens with zero attached hydrogens (tertiary/aromatic N) is 2. The van der Waals surface area contributed by atoms with Gasteiger partial charge in [-0.2, -0.15) is 0 Å². The number of hydrogen-bond donors (Lipinski definition) is 0. The molecule has 0 bridgehead atoms. The third-order valence-electron chi connectivity index (χ3n) is 5.32. The van der Waals surface area contributed by atoms with E-state index in [1.807, 2.05) is 12.1 Å². The standard InChI is InChI=1S/C23H27N2/c1-4-25(5-2,6-3)22-17-12-19(13-18-22)11-15-21-16-14-20-9-7-8-10-23(20)24-21/h7-18H,4-6H2,1-3H3/q+1/b15-11+. The van der Waals surface area contributed by atoms with Crippen LogP contribution in [0.15, 0.2) is 60.7 Å². The molecule has 0 N–H and O–H groups in total. The van der Waals surface area contributed by atoms with Crippen LogP contribution in [0.5, 0.6) is 0 Å². The van der Waals surface area contributed by atoms with Crippen LogP contribution in [0.4, 0.5) is 5.69 Å². The van der Waals surface area contributed by atoms with Crippen molar-refractivity contribution in [1.29, 1.82) is 0 Å². The number of benzene rings is 2. The molecule has 0 aliphatic heterocycles. The van der Waals surface area contributed by atoms with Gasteiger partial charge in [-0.3, -0.25) is 4.48 Å². The van der Waals surface area contributed by atoms with Crippen LogP contribution in [-0.2, 0) is 0 Å². The molecule has 0 spiro atoms. The summed E-state index contributed by atoms with van der Waals surface area (Å²) < 4.78 is 1.04. The zero-order chi connectivity index (χ0) is 17.7. The van der Waals surface area contributed by atoms with Gasteiger partial charge in [-0.25, -0.2) is 4.98 Å². The Balaban J connectivity index is 1.81. The zero-order valence-corrected chi connectivity index (χ0v) is 15.4. The summed E-state index contributed by atoms with van der Waals surface area (Å²) in [4.78, 5) is 4.70. The number of pyridine rings is 1. The van der Waals surface area contributed by atoms with Crippen molar-refractivity contribution < 1.29 is 0 Å². The second-order valence-corrected chi connectivity index (χ2v) is 6.45. The van der Waals surface area contributed by atoms with E-state index >= 15 is 0 Å². The molecule has 0 unspecified atom stereocenters. The second-order valence-electron chi connectivity index (χ2n) is 6.45. The van der Waals surface area contributed by atoms with Crippen LogP contribution in [0.25, 0.3) is 23.1 Å². The molecule has 2 heteroatoms. The fourth-order valence-electron chi connectivity index (χ4n) is 3.48. The maximum atomic E-state index is 4.70. The molecular weight excluding hydrogens is 304 g/mol. The molecule has 0 atom stereocenters. The minimum atomic E-state index is 0.989. The molecule has 2 nitrogen and oxygen atoms in total. The molecule has 0 aliphatic rings. The fourth-order valence-corrected chi connectivity index (χ4v) is 3.48. The van der Waals surface area contributed by atoms with Crippen molar-refractivity contribution in [3.63, 3.8) is 0 Å². The van der Waals surface area contributed by atoms with Crippen molar-refractivity contribution in [2.45, 2.75) is 20.8 Å². The summed E-state index contributed by atoms with van der Waals surface area (Å²) in [5.41, 5.74) is 4.63. The highest BCUT2D eigenvalue weighted by Gasteiger charge is 2.23. The number of aromatic nitrogens is 1. The summed E-state index contributed by atoms with van der Waals surface area (Å²) in [5, 5.41) is 1.18. The normalized spacial score (nSPS) is 12.1. The lowest BCUT2D eigenvalue weighted by Crippen LogP contribution is -2.48. The topological polar surface area (TPSA) is 12.9 Å². The van der Waals surface area contributed by atoms with Crippen LogP contribution in [0.1, 0.15) is 32.0 Å². The molecule has 0 radical (unpaired) electrons. The largest absolute Gasteiger partial charge is 0.292 e. The molecule has 1 aromatic heterocycles. The minimum Gasteiger partial charge on any atom is -0.292 e. The first-order chi connectivity index (χ1) is 12.2. The molecule has 0 saturated heterocycles. The summed E-state index contributed by atoms with van der Waals surface area (Å²) in [5.74, 6) is 0. The van der Waals surface area contributed by atoms with E-state index in [1.54, 1.807) is 0 Å². The van der Waals surface area contributed by atoms with Crippen LogP contribution in [0, 0.1) is 0 Å². The van der Waals surface area contributed by atoms with Crippen molar-refractivity contribution in [3.05, 3.63) is 71.9 Å². The maximum Gasteiger partial charge on any atom is 0.132 e. The first-order valence-corrected chi connectivity index (χ1v) is 9.21. The van der Waals surface area contributed by atoms with Crippen LogP contribution in [-0.4, -0.2) is 24.6 Å². The maximum absolute atomic E-state index is 4.70. The van der Waals surface area contributed by atoms with E-state index in [9.17, 15) is 0 Å². The highest BCUT2D eigenvalue weighted by Crippen LogP contribution is 2.24. The van der Waals surface area contributed by atoms with Crippen LogP contribution >= 0.6 is 0 Å². The molecule has 128 valence electrons. The summed E-state index contributed by atoms with van der Waals surface area (Å²) >= 11 is 0. The highest BCUT2D eigenvalue weighted by atomic mass is 15.3. The van der Waals surface area contributed by atoms with Gasteiger partial charge < -0.3 is 0 Å². The summed E-state index contributed by atoms with van der Waals surface area (Å²) in [6.07, 6.45) is 4.22. The Morgan fingerprint density at radius 2 is 1.44 bits per heavy atom. The predicted molar refractivity (Wildman–Crippen MR) is 111 cm³/mol. The first kappa shape index (κ1) is 17.4. The SMILES string of the molecule is CC[N+](CC)(CC)c1ccc(/C=C/c2ccc3ccccc3n2)cc1. The lowest BCUT2D eigenvalue weighted by atomic mass is 10.1. The zero-order valence-electron chi connectivity index (χ0n) is 15.4. The predicted octanol–water partition coefficient (Wildman–Crippen LogP) is 5.77. The molecule has 25 heavy (non-hydrogen) atoms. The number of rotatable bonds is 6. The first-order valence-electron chi connectivity index (χ1n) is 9.21. The van der Waals surface area contributed by atoms with Crippen molar-refractivity contribution in [3.8, 4) is 0 Å². The smallest absolute Gasteiger partial charge is 0.132 e. The van der Waals surface area contributed by atoms with E-state index < -0.39 is 0 Å². The lowest BCUT2D eigenvalue weighted by Gasteiger charge is -2.35. The monoisotopic (exact) mass is 331 g/mol. The molecule has 3 rings (SSSR count). The second kappa shape index (κ2) is 7.62. The lowest BCUT2D eigenvalue weighted by molar-refractivity contribution is 0.316. The van der Waals surface area contributed by atoms with Crippen molar-refractivity contribution in [2.24, 2.45) is 0 Å². The van der Waals surface area contributed by atoms with Crippen LogP contribution in [0.3, 0.4) is 0 Å². The van der Waals surface area contributed by atoms with Crippen molar-refractivity contribution >= 4 is 28.7 Å². The van der Waals surface area contributed by atoms with Gasteiger partial charge in [0.1, 0.15) is 5.69 Å². The van der Waals surface area contributed by atoms with Gasteiger partial charge in [-0.15, -0.1) is 0 Å². The van der Waals surface area contributed by atoms with Crippen molar-refractivity contribution in [1.82, 2.24) is 9.47 Å². The van der Waals surface area contributed by atoms with Crippen LogP contribution < -0.4 is 4.48 Å². The Labute approximate surface area is 151 Å². The van der Waals surface area contributed by atoms with E-state index in [0.29, 0.717) is 0 Å². The molecular formula is C23H27N2+. The van der Waals surface area contributed by atoms with Gasteiger partial charge in [-0.05, 0) is 68.8 Å². The number of para-hydroxylation sites is 1. The Kier molecular flexibility index (Phi) is 5.30. The van der Waals surface area contributed by atoms with Crippen molar-refractivity contribution in [2.75, 3.05) is 19.6 Å². The van der Waals surface area contributed by atoms with Crippen LogP contribution in [0.2, 0.25) is 0 Å². The fraction of sp³-hybridized carbons (Fsp3) is 0.261. The third-order valence-corrected chi connectivity index (χ3v) is 5.32. The minimum absolute atomic E-state index is 0.989. The summed E-state index contributed by atoms with van der Waals surface area (Å²) in [6, 6.07) is 21.4. The average Bonchev–Trinajstić information content (AvgIpc) is 2.69. The Morgan fingerprint density at radius 3 is 2.12 bits per heavy atom. The van der Waals surface area contributed by atoms with E-state index in [0.717, 1.165) is 35.3 Å². The molecule has 0 amide bonds. The number of hydrogen-bond acceptors (Lipinski definition) is 1. The third kappa shape index (κ3) is 3.64. The summed E-state index contributed by atoms with van der Waals surface area (Å²) in [6.45, 7) is 10.2. The van der Waals surface area contributed by atoms with E-state index in [-0.39, 0.29) is 0 Å². The molecule has 0 fully saturated rings. The summed E-state index contributed by atoms with van der Waals surface area (Å²) in [7, 11) is 0. The van der Waals surface area contributed by atoms with Gasteiger partial charge in [0.2, 0.25) is 0 Å². The average molecular weight is 331 g/mol.